The molecule has 1 amide bonds. The quantitative estimate of drug-likeness (QED) is 0.349. The van der Waals surface area contributed by atoms with E-state index in [9.17, 15) is 22.4 Å². The van der Waals surface area contributed by atoms with Crippen molar-refractivity contribution in [3.63, 3.8) is 0 Å². The molecule has 2 aromatic carbocycles. The Morgan fingerprint density at radius 1 is 1.15 bits per heavy atom. The first-order chi connectivity index (χ1) is 18.4. The summed E-state index contributed by atoms with van der Waals surface area (Å²) in [6.45, 7) is 5.25. The van der Waals surface area contributed by atoms with Gasteiger partial charge in [-0.3, -0.25) is 14.1 Å². The molecule has 0 unspecified atom stereocenters. The molecule has 208 valence electrons. The molecule has 4 N–H and O–H groups in total. The number of H-pyrrole nitrogens is 1. The zero-order valence-electron chi connectivity index (χ0n) is 22.4. The molecule has 3 aliphatic rings. The minimum atomic E-state index is -4.08. The van der Waals surface area contributed by atoms with Gasteiger partial charge < -0.3 is 15.6 Å². The van der Waals surface area contributed by atoms with Crippen LogP contribution in [0.5, 0.6) is 0 Å². The highest BCUT2D eigenvalue weighted by atomic mass is 32.2. The number of hydrogen-bond donors (Lipinski definition) is 4. The number of ketones is 1. The third kappa shape index (κ3) is 4.79. The van der Waals surface area contributed by atoms with E-state index in [1.54, 1.807) is 0 Å². The fraction of sp³-hybridized carbons (Fsp3) is 0.448. The number of aromatic amines is 1. The molecule has 2 atom stereocenters. The molecule has 39 heavy (non-hydrogen) atoms. The molecule has 2 aliphatic carbocycles. The lowest BCUT2D eigenvalue weighted by molar-refractivity contribution is -0.128. The molecule has 1 aliphatic heterocycles. The SMILES string of the molecule is CC1(C)[C@H]2CC[C@@]1(CS(=O)(=O)O)C(=O)C2.CNCc1ccc(-c2[nH]c3cc(F)cc4c3c2CCNC4=O)cc1. The summed E-state index contributed by atoms with van der Waals surface area (Å²) in [6, 6.07) is 11.0. The minimum Gasteiger partial charge on any atom is -0.354 e. The number of fused-ring (bicyclic) bond motifs is 2. The van der Waals surface area contributed by atoms with E-state index < -0.39 is 27.1 Å². The Labute approximate surface area is 227 Å². The Balaban J connectivity index is 0.000000177. The summed E-state index contributed by atoms with van der Waals surface area (Å²) in [4.78, 5) is 27.4. The number of aromatic nitrogens is 1. The zero-order valence-corrected chi connectivity index (χ0v) is 23.2. The van der Waals surface area contributed by atoms with Crippen molar-refractivity contribution in [3.8, 4) is 11.3 Å². The van der Waals surface area contributed by atoms with Gasteiger partial charge in [0.15, 0.2) is 0 Å². The maximum absolute atomic E-state index is 13.9. The van der Waals surface area contributed by atoms with Crippen molar-refractivity contribution < 1.29 is 27.0 Å². The highest BCUT2D eigenvalue weighted by Gasteiger charge is 2.65. The van der Waals surface area contributed by atoms with E-state index in [4.69, 9.17) is 4.55 Å². The molecule has 2 bridgehead atoms. The molecule has 6 rings (SSSR count). The van der Waals surface area contributed by atoms with Crippen LogP contribution in [0.4, 0.5) is 4.39 Å². The van der Waals surface area contributed by atoms with Gasteiger partial charge in [0.1, 0.15) is 11.6 Å². The lowest BCUT2D eigenvalue weighted by Crippen LogP contribution is -2.42. The smallest absolute Gasteiger partial charge is 0.265 e. The summed E-state index contributed by atoms with van der Waals surface area (Å²) < 4.78 is 44.9. The fourth-order valence-electron chi connectivity index (χ4n) is 6.85. The lowest BCUT2D eigenvalue weighted by atomic mass is 9.70. The Hall–Kier alpha value is -3.08. The summed E-state index contributed by atoms with van der Waals surface area (Å²) in [5.74, 6) is -0.720. The average Bonchev–Trinajstić information content (AvgIpc) is 3.33. The van der Waals surface area contributed by atoms with Crippen LogP contribution in [0, 0.1) is 22.6 Å². The van der Waals surface area contributed by atoms with Gasteiger partial charge in [-0.05, 0) is 66.5 Å². The first-order valence-electron chi connectivity index (χ1n) is 13.2. The van der Waals surface area contributed by atoms with E-state index in [2.05, 4.69) is 39.9 Å². The van der Waals surface area contributed by atoms with Crippen LogP contribution in [0.3, 0.4) is 0 Å². The fourth-order valence-corrected chi connectivity index (χ4v) is 8.15. The summed E-state index contributed by atoms with van der Waals surface area (Å²) in [5, 5.41) is 6.80. The number of benzene rings is 2. The second kappa shape index (κ2) is 9.83. The predicted octanol–water partition coefficient (Wildman–Crippen LogP) is 4.25. The van der Waals surface area contributed by atoms with Crippen LogP contribution in [0.25, 0.3) is 22.2 Å². The molecule has 0 saturated heterocycles. The average molecular weight is 556 g/mol. The van der Waals surface area contributed by atoms with Crippen molar-refractivity contribution in [2.24, 2.45) is 16.7 Å². The van der Waals surface area contributed by atoms with E-state index in [0.717, 1.165) is 41.6 Å². The van der Waals surface area contributed by atoms with Crippen molar-refractivity contribution in [3.05, 3.63) is 58.9 Å². The Morgan fingerprint density at radius 3 is 2.46 bits per heavy atom. The van der Waals surface area contributed by atoms with Crippen LogP contribution in [0.15, 0.2) is 36.4 Å². The monoisotopic (exact) mass is 555 g/mol. The third-order valence-electron chi connectivity index (χ3n) is 9.06. The highest BCUT2D eigenvalue weighted by Crippen LogP contribution is 2.64. The molecule has 2 fully saturated rings. The van der Waals surface area contributed by atoms with Gasteiger partial charge in [0.05, 0.1) is 16.7 Å². The van der Waals surface area contributed by atoms with Gasteiger partial charge in [-0.25, -0.2) is 4.39 Å². The van der Waals surface area contributed by atoms with Gasteiger partial charge in [-0.2, -0.15) is 8.42 Å². The molecular formula is C29H34FN3O5S. The standard InChI is InChI=1S/C19H18FN3O.C10H16O4S/c1-21-10-11-2-4-12(5-3-11)18-14-6-7-22-19(24)15-8-13(20)9-16(23-18)17(14)15;1-9(2)7-3-4-10(9,8(11)5-7)6-15(12,13)14/h2-5,8-9,21,23H,6-7,10H2,1H3,(H,22,24);7H,3-6H2,1-2H3,(H,12,13,14)/t;7-,10+/m.0/s1. The van der Waals surface area contributed by atoms with Crippen LogP contribution in [-0.2, 0) is 27.9 Å². The Kier molecular flexibility index (Phi) is 6.93. The predicted molar refractivity (Wildman–Crippen MR) is 147 cm³/mol. The number of amides is 1. The second-order valence-electron chi connectivity index (χ2n) is 11.5. The van der Waals surface area contributed by atoms with Crippen molar-refractivity contribution in [1.29, 1.82) is 0 Å². The van der Waals surface area contributed by atoms with Gasteiger partial charge in [0, 0.05) is 36.1 Å². The minimum absolute atomic E-state index is 0.0152. The molecule has 8 nitrogen and oxygen atoms in total. The van der Waals surface area contributed by atoms with Crippen LogP contribution in [0.2, 0.25) is 0 Å². The maximum atomic E-state index is 13.9. The largest absolute Gasteiger partial charge is 0.354 e. The first-order valence-corrected chi connectivity index (χ1v) is 14.8. The van der Waals surface area contributed by atoms with Gasteiger partial charge in [-0.15, -0.1) is 0 Å². The maximum Gasteiger partial charge on any atom is 0.265 e. The number of Topliss-reactive ketones (excluding diaryl/α,β-unsaturated/α-hetero) is 1. The summed E-state index contributed by atoms with van der Waals surface area (Å²) in [5.41, 5.74) is 4.24. The van der Waals surface area contributed by atoms with E-state index in [-0.39, 0.29) is 23.0 Å². The number of carbonyl (C=O) groups excluding carboxylic acids is 2. The summed E-state index contributed by atoms with van der Waals surface area (Å²) in [7, 11) is -2.16. The number of carbonyl (C=O) groups is 2. The zero-order chi connectivity index (χ0) is 28.2. The van der Waals surface area contributed by atoms with Crippen molar-refractivity contribution in [2.75, 3.05) is 19.3 Å². The van der Waals surface area contributed by atoms with E-state index in [1.165, 1.54) is 17.7 Å². The van der Waals surface area contributed by atoms with Crippen LogP contribution in [0.1, 0.15) is 54.6 Å². The lowest BCUT2D eigenvalue weighted by Gasteiger charge is -2.35. The highest BCUT2D eigenvalue weighted by molar-refractivity contribution is 7.85. The number of hydrogen-bond acceptors (Lipinski definition) is 5. The normalized spacial score (nSPS) is 23.4. The van der Waals surface area contributed by atoms with Crippen LogP contribution < -0.4 is 10.6 Å². The van der Waals surface area contributed by atoms with Crippen molar-refractivity contribution in [2.45, 2.75) is 46.1 Å². The van der Waals surface area contributed by atoms with Gasteiger partial charge >= 0.3 is 0 Å². The molecular weight excluding hydrogens is 521 g/mol. The van der Waals surface area contributed by atoms with E-state index in [1.807, 2.05) is 20.9 Å². The molecule has 3 aromatic rings. The Bertz CT molecular complexity index is 1560. The molecule has 2 heterocycles. The van der Waals surface area contributed by atoms with E-state index >= 15 is 0 Å². The molecule has 1 aromatic heterocycles. The number of nitrogens with one attached hydrogen (secondary N) is 3. The van der Waals surface area contributed by atoms with Crippen LogP contribution in [-0.4, -0.2) is 49.0 Å². The summed E-state index contributed by atoms with van der Waals surface area (Å²) in [6.07, 6.45) is 2.69. The van der Waals surface area contributed by atoms with Gasteiger partial charge in [0.2, 0.25) is 0 Å². The number of rotatable bonds is 5. The van der Waals surface area contributed by atoms with Gasteiger partial charge in [-0.1, -0.05) is 38.1 Å². The molecule has 2 saturated carbocycles. The first kappa shape index (κ1) is 27.5. The van der Waals surface area contributed by atoms with Crippen molar-refractivity contribution in [1.82, 2.24) is 15.6 Å². The molecule has 0 spiro atoms. The Morgan fingerprint density at radius 2 is 1.87 bits per heavy atom. The van der Waals surface area contributed by atoms with E-state index in [0.29, 0.717) is 30.5 Å². The molecule has 10 heteroatoms. The molecule has 0 radical (unpaired) electrons. The van der Waals surface area contributed by atoms with Crippen LogP contribution >= 0.6 is 0 Å². The van der Waals surface area contributed by atoms with Crippen molar-refractivity contribution >= 4 is 32.7 Å². The summed E-state index contributed by atoms with van der Waals surface area (Å²) >= 11 is 0. The topological polar surface area (TPSA) is 128 Å². The van der Waals surface area contributed by atoms with Gasteiger partial charge in [0.25, 0.3) is 16.0 Å². The number of halogens is 1. The third-order valence-corrected chi connectivity index (χ3v) is 9.92. The second-order valence-corrected chi connectivity index (χ2v) is 12.9.